The lowest BCUT2D eigenvalue weighted by molar-refractivity contribution is -0.145. The van der Waals surface area contributed by atoms with Crippen LogP contribution in [-0.2, 0) is 4.79 Å². The van der Waals surface area contributed by atoms with Gasteiger partial charge < -0.3 is 14.7 Å². The summed E-state index contributed by atoms with van der Waals surface area (Å²) in [7, 11) is 1.55. The number of methoxy groups -OCH3 is 1. The van der Waals surface area contributed by atoms with Gasteiger partial charge in [-0.3, -0.25) is 4.79 Å². The van der Waals surface area contributed by atoms with Crippen LogP contribution in [0.15, 0.2) is 22.7 Å². The minimum Gasteiger partial charge on any atom is -0.496 e. The second-order valence-corrected chi connectivity index (χ2v) is 6.10. The molecule has 1 amide bonds. The van der Waals surface area contributed by atoms with Crippen molar-refractivity contribution in [3.8, 4) is 5.75 Å². The van der Waals surface area contributed by atoms with Crippen LogP contribution in [-0.4, -0.2) is 41.6 Å². The minimum absolute atomic E-state index is 0.0399. The van der Waals surface area contributed by atoms with Gasteiger partial charge in [-0.1, -0.05) is 6.92 Å². The molecule has 0 radical (unpaired) electrons. The lowest BCUT2D eigenvalue weighted by atomic mass is 9.90. The smallest absolute Gasteiger partial charge is 0.326 e. The van der Waals surface area contributed by atoms with Gasteiger partial charge in [-0.25, -0.2) is 4.79 Å². The Kier molecular flexibility index (Phi) is 4.88. The van der Waals surface area contributed by atoms with Crippen LogP contribution in [0.1, 0.15) is 30.1 Å². The number of rotatable bonds is 3. The number of benzene rings is 1. The fourth-order valence-electron chi connectivity index (χ4n) is 2.76. The summed E-state index contributed by atoms with van der Waals surface area (Å²) in [5.41, 5.74) is 0.461. The maximum absolute atomic E-state index is 12.6. The van der Waals surface area contributed by atoms with Crippen LogP contribution in [0.25, 0.3) is 0 Å². The number of halogens is 1. The fourth-order valence-corrected chi connectivity index (χ4v) is 3.30. The molecule has 1 saturated heterocycles. The van der Waals surface area contributed by atoms with Crippen LogP contribution in [0, 0.1) is 5.92 Å². The van der Waals surface area contributed by atoms with Crippen molar-refractivity contribution in [3.05, 3.63) is 28.2 Å². The number of carbonyl (C=O) groups is 2. The highest BCUT2D eigenvalue weighted by molar-refractivity contribution is 9.10. The Hall–Kier alpha value is -1.56. The molecule has 1 aromatic carbocycles. The van der Waals surface area contributed by atoms with E-state index in [1.807, 2.05) is 6.92 Å². The van der Waals surface area contributed by atoms with Gasteiger partial charge in [0.25, 0.3) is 5.91 Å². The van der Waals surface area contributed by atoms with Crippen molar-refractivity contribution in [2.24, 2.45) is 5.92 Å². The Labute approximate surface area is 132 Å². The van der Waals surface area contributed by atoms with E-state index in [9.17, 15) is 14.7 Å². The lowest BCUT2D eigenvalue weighted by Crippen LogP contribution is -2.51. The van der Waals surface area contributed by atoms with E-state index in [2.05, 4.69) is 15.9 Å². The molecule has 21 heavy (non-hydrogen) atoms. The molecular weight excluding hydrogens is 338 g/mol. The van der Waals surface area contributed by atoms with E-state index in [1.54, 1.807) is 25.3 Å². The number of hydrogen-bond acceptors (Lipinski definition) is 3. The maximum Gasteiger partial charge on any atom is 0.326 e. The number of ether oxygens (including phenoxy) is 1. The first-order valence-corrected chi connectivity index (χ1v) is 7.62. The first-order valence-electron chi connectivity index (χ1n) is 6.83. The van der Waals surface area contributed by atoms with E-state index in [1.165, 1.54) is 4.90 Å². The quantitative estimate of drug-likeness (QED) is 0.905. The topological polar surface area (TPSA) is 66.8 Å². The Morgan fingerprint density at radius 2 is 2.14 bits per heavy atom. The van der Waals surface area contributed by atoms with Gasteiger partial charge in [0, 0.05) is 12.1 Å². The standard InChI is InChI=1S/C15H18BrNO4/c1-9-4-3-7-17(13(9)15(19)20)14(18)10-5-6-12(21-2)11(16)8-10/h5-6,8-9,13H,3-4,7H2,1-2H3,(H,19,20). The molecule has 0 bridgehead atoms. The molecule has 5 nitrogen and oxygen atoms in total. The van der Waals surface area contributed by atoms with E-state index in [0.29, 0.717) is 22.3 Å². The summed E-state index contributed by atoms with van der Waals surface area (Å²) >= 11 is 3.34. The molecule has 0 saturated carbocycles. The molecule has 114 valence electrons. The third-order valence-corrected chi connectivity index (χ3v) is 4.47. The second-order valence-electron chi connectivity index (χ2n) is 5.25. The van der Waals surface area contributed by atoms with Crippen molar-refractivity contribution in [1.82, 2.24) is 4.90 Å². The Morgan fingerprint density at radius 1 is 1.43 bits per heavy atom. The van der Waals surface area contributed by atoms with Crippen molar-refractivity contribution >= 4 is 27.8 Å². The van der Waals surface area contributed by atoms with Gasteiger partial charge in [-0.2, -0.15) is 0 Å². The highest BCUT2D eigenvalue weighted by atomic mass is 79.9. The third kappa shape index (κ3) is 3.20. The predicted molar refractivity (Wildman–Crippen MR) is 81.6 cm³/mol. The zero-order valence-electron chi connectivity index (χ0n) is 12.0. The molecule has 1 aromatic rings. The molecule has 1 N–H and O–H groups in total. The molecule has 2 unspecified atom stereocenters. The Balaban J connectivity index is 2.29. The summed E-state index contributed by atoms with van der Waals surface area (Å²) in [6, 6.07) is 4.26. The number of carboxylic acid groups (broad SMARTS) is 1. The summed E-state index contributed by atoms with van der Waals surface area (Å²) in [4.78, 5) is 25.5. The van der Waals surface area contributed by atoms with Crippen molar-refractivity contribution in [3.63, 3.8) is 0 Å². The highest BCUT2D eigenvalue weighted by Crippen LogP contribution is 2.29. The van der Waals surface area contributed by atoms with Gasteiger partial charge in [0.1, 0.15) is 11.8 Å². The number of carboxylic acids is 1. The molecule has 2 atom stereocenters. The number of piperidine rings is 1. The van der Waals surface area contributed by atoms with Gasteiger partial charge in [0.05, 0.1) is 11.6 Å². The van der Waals surface area contributed by atoms with Crippen LogP contribution in [0.2, 0.25) is 0 Å². The molecule has 1 aliphatic rings. The number of amides is 1. The van der Waals surface area contributed by atoms with Crippen molar-refractivity contribution in [2.75, 3.05) is 13.7 Å². The zero-order chi connectivity index (χ0) is 15.6. The largest absolute Gasteiger partial charge is 0.496 e. The lowest BCUT2D eigenvalue weighted by Gasteiger charge is -2.37. The highest BCUT2D eigenvalue weighted by Gasteiger charge is 2.37. The normalized spacial score (nSPS) is 22.0. The minimum atomic E-state index is -0.942. The van der Waals surface area contributed by atoms with Crippen LogP contribution in [0.3, 0.4) is 0 Å². The zero-order valence-corrected chi connectivity index (χ0v) is 13.6. The summed E-state index contributed by atoms with van der Waals surface area (Å²) in [6.07, 6.45) is 1.65. The Morgan fingerprint density at radius 3 is 2.71 bits per heavy atom. The van der Waals surface area contributed by atoms with Crippen LogP contribution < -0.4 is 4.74 Å². The van der Waals surface area contributed by atoms with E-state index in [-0.39, 0.29) is 11.8 Å². The molecule has 0 aromatic heterocycles. The fraction of sp³-hybridized carbons (Fsp3) is 0.467. The summed E-state index contributed by atoms with van der Waals surface area (Å²) < 4.78 is 5.81. The van der Waals surface area contributed by atoms with Crippen molar-refractivity contribution in [2.45, 2.75) is 25.8 Å². The van der Waals surface area contributed by atoms with Crippen LogP contribution in [0.5, 0.6) is 5.75 Å². The molecule has 0 spiro atoms. The van der Waals surface area contributed by atoms with Crippen LogP contribution >= 0.6 is 15.9 Å². The van der Waals surface area contributed by atoms with Crippen molar-refractivity contribution < 1.29 is 19.4 Å². The summed E-state index contributed by atoms with van der Waals surface area (Å²) in [5.74, 6) is -0.601. The third-order valence-electron chi connectivity index (χ3n) is 3.85. The summed E-state index contributed by atoms with van der Waals surface area (Å²) in [5, 5.41) is 9.39. The SMILES string of the molecule is COc1ccc(C(=O)N2CCCC(C)C2C(=O)O)cc1Br. The number of likely N-dealkylation sites (tertiary alicyclic amines) is 1. The monoisotopic (exact) mass is 355 g/mol. The number of aliphatic carboxylic acids is 1. The maximum atomic E-state index is 12.6. The van der Waals surface area contributed by atoms with Gasteiger partial charge >= 0.3 is 5.97 Å². The van der Waals surface area contributed by atoms with Gasteiger partial charge in [-0.05, 0) is 52.9 Å². The molecular formula is C15H18BrNO4. The summed E-state index contributed by atoms with van der Waals surface area (Å²) in [6.45, 7) is 2.35. The first kappa shape index (κ1) is 15.8. The molecule has 1 aliphatic heterocycles. The van der Waals surface area contributed by atoms with Gasteiger partial charge in [0.2, 0.25) is 0 Å². The van der Waals surface area contributed by atoms with E-state index in [4.69, 9.17) is 4.74 Å². The number of carbonyl (C=O) groups excluding carboxylic acids is 1. The molecule has 6 heteroatoms. The molecule has 2 rings (SSSR count). The van der Waals surface area contributed by atoms with Gasteiger partial charge in [0.15, 0.2) is 0 Å². The number of nitrogens with zero attached hydrogens (tertiary/aromatic N) is 1. The second kappa shape index (κ2) is 6.47. The van der Waals surface area contributed by atoms with Crippen molar-refractivity contribution in [1.29, 1.82) is 0 Å². The van der Waals surface area contributed by atoms with E-state index in [0.717, 1.165) is 12.8 Å². The number of hydrogen-bond donors (Lipinski definition) is 1. The molecule has 1 fully saturated rings. The average Bonchev–Trinajstić information content (AvgIpc) is 2.45. The average molecular weight is 356 g/mol. The molecule has 0 aliphatic carbocycles. The van der Waals surface area contributed by atoms with E-state index < -0.39 is 12.0 Å². The first-order chi connectivity index (χ1) is 9.95. The predicted octanol–water partition coefficient (Wildman–Crippen LogP) is 2.78. The Bertz CT molecular complexity index is 561. The molecule has 1 heterocycles. The van der Waals surface area contributed by atoms with Gasteiger partial charge in [-0.15, -0.1) is 0 Å². The van der Waals surface area contributed by atoms with E-state index >= 15 is 0 Å². The van der Waals surface area contributed by atoms with Crippen LogP contribution in [0.4, 0.5) is 0 Å².